The van der Waals surface area contributed by atoms with Crippen molar-refractivity contribution in [2.45, 2.75) is 20.8 Å². The van der Waals surface area contributed by atoms with Crippen molar-refractivity contribution in [1.29, 1.82) is 0 Å². The second kappa shape index (κ2) is 7.34. The smallest absolute Gasteiger partial charge is 0.336 e. The molecule has 1 aromatic heterocycles. The average molecular weight is 370 g/mol. The van der Waals surface area contributed by atoms with E-state index in [2.05, 4.69) is 18.8 Å². The van der Waals surface area contributed by atoms with Crippen molar-refractivity contribution >= 4 is 28.5 Å². The zero-order valence-corrected chi connectivity index (χ0v) is 15.7. The molecule has 0 spiro atoms. The van der Waals surface area contributed by atoms with E-state index in [-0.39, 0.29) is 5.56 Å². The van der Waals surface area contributed by atoms with Crippen LogP contribution in [0.2, 0.25) is 5.02 Å². The predicted molar refractivity (Wildman–Crippen MR) is 104 cm³/mol. The van der Waals surface area contributed by atoms with Gasteiger partial charge >= 0.3 is 5.97 Å². The molecule has 3 aromatic rings. The third kappa shape index (κ3) is 3.65. The summed E-state index contributed by atoms with van der Waals surface area (Å²) in [5, 5.41) is 10.7. The summed E-state index contributed by atoms with van der Waals surface area (Å²) in [6.07, 6.45) is 0. The van der Waals surface area contributed by atoms with Crippen LogP contribution in [-0.4, -0.2) is 22.7 Å². The molecule has 0 amide bonds. The minimum atomic E-state index is -0.989. The Kier molecular flexibility index (Phi) is 5.14. The van der Waals surface area contributed by atoms with Gasteiger partial charge in [-0.25, -0.2) is 9.78 Å². The van der Waals surface area contributed by atoms with Crippen LogP contribution in [0.25, 0.3) is 22.2 Å². The van der Waals surface area contributed by atoms with Crippen LogP contribution in [0.3, 0.4) is 0 Å². The largest absolute Gasteiger partial charge is 0.493 e. The van der Waals surface area contributed by atoms with E-state index in [0.717, 1.165) is 16.9 Å². The molecule has 0 saturated carbocycles. The molecular weight excluding hydrogens is 350 g/mol. The van der Waals surface area contributed by atoms with Crippen molar-refractivity contribution in [2.75, 3.05) is 6.61 Å². The van der Waals surface area contributed by atoms with Gasteiger partial charge in [0.1, 0.15) is 5.75 Å². The van der Waals surface area contributed by atoms with Crippen molar-refractivity contribution < 1.29 is 14.6 Å². The number of carbonyl (C=O) groups is 1. The Labute approximate surface area is 157 Å². The Morgan fingerprint density at radius 1 is 1.19 bits per heavy atom. The van der Waals surface area contributed by atoms with Gasteiger partial charge in [-0.1, -0.05) is 31.5 Å². The van der Waals surface area contributed by atoms with E-state index in [1.165, 1.54) is 0 Å². The van der Waals surface area contributed by atoms with Crippen LogP contribution in [0, 0.1) is 12.8 Å². The van der Waals surface area contributed by atoms with Crippen LogP contribution in [0.4, 0.5) is 0 Å². The van der Waals surface area contributed by atoms with E-state index in [4.69, 9.17) is 16.3 Å². The number of fused-ring (bicyclic) bond motifs is 1. The summed E-state index contributed by atoms with van der Waals surface area (Å²) in [6.45, 7) is 6.67. The number of rotatable bonds is 5. The molecule has 0 atom stereocenters. The van der Waals surface area contributed by atoms with Gasteiger partial charge in [0.2, 0.25) is 0 Å². The highest BCUT2D eigenvalue weighted by molar-refractivity contribution is 6.32. The van der Waals surface area contributed by atoms with E-state index in [0.29, 0.717) is 34.1 Å². The van der Waals surface area contributed by atoms with Crippen molar-refractivity contribution in [3.63, 3.8) is 0 Å². The highest BCUT2D eigenvalue weighted by atomic mass is 35.5. The number of carboxylic acids is 1. The molecule has 0 bridgehead atoms. The molecule has 2 aromatic carbocycles. The zero-order chi connectivity index (χ0) is 18.8. The molecule has 26 heavy (non-hydrogen) atoms. The molecule has 1 N–H and O–H groups in total. The number of hydrogen-bond donors (Lipinski definition) is 1. The van der Waals surface area contributed by atoms with Crippen LogP contribution in [0.1, 0.15) is 29.8 Å². The Bertz CT molecular complexity index is 965. The van der Waals surface area contributed by atoms with Gasteiger partial charge < -0.3 is 9.84 Å². The van der Waals surface area contributed by atoms with E-state index in [1.54, 1.807) is 18.2 Å². The van der Waals surface area contributed by atoms with Crippen molar-refractivity contribution in [1.82, 2.24) is 4.98 Å². The SMILES string of the molecule is Cc1c(Cl)ccc2c(C(=O)O)cc(-c3ccc(OCC(C)C)cc3)nc12. The quantitative estimate of drug-likeness (QED) is 0.636. The Balaban J connectivity index is 2.07. The van der Waals surface area contributed by atoms with Gasteiger partial charge in [-0.2, -0.15) is 0 Å². The molecule has 1 heterocycles. The second-order valence-electron chi connectivity index (χ2n) is 6.66. The maximum Gasteiger partial charge on any atom is 0.336 e. The molecule has 0 saturated heterocycles. The summed E-state index contributed by atoms with van der Waals surface area (Å²) < 4.78 is 5.69. The van der Waals surface area contributed by atoms with Crippen LogP contribution in [-0.2, 0) is 0 Å². The van der Waals surface area contributed by atoms with Crippen LogP contribution in [0.15, 0.2) is 42.5 Å². The number of aromatic nitrogens is 1. The number of ether oxygens (including phenoxy) is 1. The Morgan fingerprint density at radius 3 is 2.50 bits per heavy atom. The Hall–Kier alpha value is -2.59. The normalized spacial score (nSPS) is 11.1. The first kappa shape index (κ1) is 18.2. The maximum absolute atomic E-state index is 11.7. The van der Waals surface area contributed by atoms with Gasteiger partial charge in [0.25, 0.3) is 0 Å². The first-order valence-electron chi connectivity index (χ1n) is 8.43. The maximum atomic E-state index is 11.7. The van der Waals surface area contributed by atoms with Gasteiger partial charge in [-0.3, -0.25) is 0 Å². The van der Waals surface area contributed by atoms with Gasteiger partial charge in [0.15, 0.2) is 0 Å². The molecule has 5 heteroatoms. The third-order valence-corrected chi connectivity index (χ3v) is 4.54. The number of hydrogen-bond acceptors (Lipinski definition) is 3. The summed E-state index contributed by atoms with van der Waals surface area (Å²) in [6, 6.07) is 12.5. The third-order valence-electron chi connectivity index (χ3n) is 4.13. The van der Waals surface area contributed by atoms with Crippen molar-refractivity contribution in [2.24, 2.45) is 5.92 Å². The van der Waals surface area contributed by atoms with Gasteiger partial charge in [-0.15, -0.1) is 0 Å². The van der Waals surface area contributed by atoms with E-state index in [1.807, 2.05) is 31.2 Å². The minimum absolute atomic E-state index is 0.213. The van der Waals surface area contributed by atoms with E-state index in [9.17, 15) is 9.90 Å². The first-order chi connectivity index (χ1) is 12.4. The summed E-state index contributed by atoms with van der Waals surface area (Å²) >= 11 is 6.19. The van der Waals surface area contributed by atoms with Gasteiger partial charge in [-0.05, 0) is 54.8 Å². The second-order valence-corrected chi connectivity index (χ2v) is 7.07. The first-order valence-corrected chi connectivity index (χ1v) is 8.81. The Morgan fingerprint density at radius 2 is 1.88 bits per heavy atom. The fraction of sp³-hybridized carbons (Fsp3) is 0.238. The number of pyridine rings is 1. The topological polar surface area (TPSA) is 59.4 Å². The molecule has 0 aliphatic carbocycles. The molecule has 0 radical (unpaired) electrons. The van der Waals surface area contributed by atoms with Crippen LogP contribution >= 0.6 is 11.6 Å². The minimum Gasteiger partial charge on any atom is -0.493 e. The molecule has 0 unspecified atom stereocenters. The molecule has 3 rings (SSSR count). The fourth-order valence-corrected chi connectivity index (χ4v) is 2.87. The lowest BCUT2D eigenvalue weighted by Gasteiger charge is -2.11. The lowest BCUT2D eigenvalue weighted by Crippen LogP contribution is -2.04. The van der Waals surface area contributed by atoms with Crippen molar-refractivity contribution in [3.8, 4) is 17.0 Å². The fourth-order valence-electron chi connectivity index (χ4n) is 2.71. The van der Waals surface area contributed by atoms with Crippen LogP contribution in [0.5, 0.6) is 5.75 Å². The summed E-state index contributed by atoms with van der Waals surface area (Å²) in [5.74, 6) is 0.237. The number of benzene rings is 2. The molecule has 134 valence electrons. The average Bonchev–Trinajstić information content (AvgIpc) is 2.62. The monoisotopic (exact) mass is 369 g/mol. The lowest BCUT2D eigenvalue weighted by atomic mass is 10.0. The lowest BCUT2D eigenvalue weighted by molar-refractivity contribution is 0.0699. The predicted octanol–water partition coefficient (Wildman–Crippen LogP) is 5.60. The van der Waals surface area contributed by atoms with E-state index >= 15 is 0 Å². The summed E-state index contributed by atoms with van der Waals surface area (Å²) in [7, 11) is 0. The number of nitrogens with zero attached hydrogens (tertiary/aromatic N) is 1. The zero-order valence-electron chi connectivity index (χ0n) is 14.9. The number of aromatic carboxylic acids is 1. The number of aryl methyl sites for hydroxylation is 1. The van der Waals surface area contributed by atoms with Crippen molar-refractivity contribution in [3.05, 3.63) is 58.6 Å². The molecule has 0 aliphatic heterocycles. The molecule has 0 aliphatic rings. The summed E-state index contributed by atoms with van der Waals surface area (Å²) in [5.41, 5.74) is 3.00. The highest BCUT2D eigenvalue weighted by Gasteiger charge is 2.15. The van der Waals surface area contributed by atoms with E-state index < -0.39 is 5.97 Å². The number of halogens is 1. The summed E-state index contributed by atoms with van der Waals surface area (Å²) in [4.78, 5) is 16.4. The molecule has 4 nitrogen and oxygen atoms in total. The highest BCUT2D eigenvalue weighted by Crippen LogP contribution is 2.30. The molecular formula is C21H20ClNO3. The van der Waals surface area contributed by atoms with Gasteiger partial charge in [0, 0.05) is 16.0 Å². The molecule has 0 fully saturated rings. The standard InChI is InChI=1S/C21H20ClNO3/c1-12(2)11-26-15-6-4-14(5-7-15)19-10-17(21(24)25)16-8-9-18(22)13(3)20(16)23-19/h4-10,12H,11H2,1-3H3,(H,24,25). The van der Waals surface area contributed by atoms with Crippen LogP contribution < -0.4 is 4.74 Å². The van der Waals surface area contributed by atoms with Gasteiger partial charge in [0.05, 0.1) is 23.4 Å². The number of carboxylic acid groups (broad SMARTS) is 1.